The summed E-state index contributed by atoms with van der Waals surface area (Å²) in [5, 5.41) is 14.1. The van der Waals surface area contributed by atoms with Crippen LogP contribution < -0.4 is 5.32 Å². The summed E-state index contributed by atoms with van der Waals surface area (Å²) >= 11 is 11.7. The first-order valence-corrected chi connectivity index (χ1v) is 6.74. The van der Waals surface area contributed by atoms with Gasteiger partial charge in [0.25, 0.3) is 0 Å². The molecule has 0 spiro atoms. The van der Waals surface area contributed by atoms with E-state index in [4.69, 9.17) is 23.2 Å². The van der Waals surface area contributed by atoms with E-state index in [1.807, 2.05) is 0 Å². The number of aliphatic hydroxyl groups is 1. The second-order valence-electron chi connectivity index (χ2n) is 4.10. The number of hydrogen-bond acceptors (Lipinski definition) is 2. The first-order valence-electron chi connectivity index (χ1n) is 5.99. The predicted molar refractivity (Wildman–Crippen MR) is 73.8 cm³/mol. The molecule has 0 heterocycles. The third kappa shape index (κ3) is 5.26. The Hall–Kier alpha value is -0.280. The third-order valence-electron chi connectivity index (χ3n) is 2.62. The first kappa shape index (κ1) is 14.8. The number of nitrogens with one attached hydrogen (secondary N) is 1. The third-order valence-corrected chi connectivity index (χ3v) is 3.36. The molecule has 2 N–H and O–H groups in total. The van der Waals surface area contributed by atoms with Crippen LogP contribution in [0.1, 0.15) is 37.9 Å². The van der Waals surface area contributed by atoms with Gasteiger partial charge in [0.05, 0.1) is 16.1 Å². The lowest BCUT2D eigenvalue weighted by molar-refractivity contribution is 0.174. The van der Waals surface area contributed by atoms with Crippen molar-refractivity contribution in [3.05, 3.63) is 33.8 Å². The minimum absolute atomic E-state index is 0.481. The lowest BCUT2D eigenvalue weighted by Gasteiger charge is -2.12. The maximum atomic E-state index is 9.93. The molecule has 0 unspecified atom stereocenters. The van der Waals surface area contributed by atoms with Gasteiger partial charge in [0.15, 0.2) is 0 Å². The van der Waals surface area contributed by atoms with Crippen LogP contribution in [0.15, 0.2) is 18.2 Å². The molecular weight excluding hydrogens is 257 g/mol. The van der Waals surface area contributed by atoms with E-state index in [9.17, 15) is 5.11 Å². The van der Waals surface area contributed by atoms with Crippen LogP contribution in [0.2, 0.25) is 10.0 Å². The zero-order valence-corrected chi connectivity index (χ0v) is 11.6. The van der Waals surface area contributed by atoms with Gasteiger partial charge >= 0.3 is 0 Å². The average molecular weight is 276 g/mol. The van der Waals surface area contributed by atoms with Crippen molar-refractivity contribution < 1.29 is 5.11 Å². The number of hydrogen-bond donors (Lipinski definition) is 2. The first-order chi connectivity index (χ1) is 8.15. The molecule has 1 atom stereocenters. The Kier molecular flexibility index (Phi) is 6.90. The summed E-state index contributed by atoms with van der Waals surface area (Å²) in [5.41, 5.74) is 0.794. The highest BCUT2D eigenvalue weighted by Gasteiger charge is 2.08. The zero-order chi connectivity index (χ0) is 12.7. The molecule has 0 bridgehead atoms. The van der Waals surface area contributed by atoms with E-state index < -0.39 is 6.10 Å². The van der Waals surface area contributed by atoms with Crippen molar-refractivity contribution in [1.29, 1.82) is 0 Å². The van der Waals surface area contributed by atoms with Gasteiger partial charge in [0, 0.05) is 6.54 Å². The Labute approximate surface area is 113 Å². The Morgan fingerprint density at radius 3 is 2.65 bits per heavy atom. The van der Waals surface area contributed by atoms with Gasteiger partial charge in [-0.2, -0.15) is 0 Å². The summed E-state index contributed by atoms with van der Waals surface area (Å²) in [5.74, 6) is 0. The Balaban J connectivity index is 2.36. The lowest BCUT2D eigenvalue weighted by atomic mass is 10.1. The number of benzene rings is 1. The molecule has 17 heavy (non-hydrogen) atoms. The van der Waals surface area contributed by atoms with Gasteiger partial charge < -0.3 is 10.4 Å². The minimum Gasteiger partial charge on any atom is -0.387 e. The van der Waals surface area contributed by atoms with Crippen molar-refractivity contribution in [3.63, 3.8) is 0 Å². The van der Waals surface area contributed by atoms with Gasteiger partial charge in [0.2, 0.25) is 0 Å². The second kappa shape index (κ2) is 7.93. The lowest BCUT2D eigenvalue weighted by Crippen LogP contribution is -2.22. The molecule has 0 aromatic heterocycles. The Morgan fingerprint density at radius 1 is 1.24 bits per heavy atom. The molecule has 1 rings (SSSR count). The molecule has 0 amide bonds. The van der Waals surface area contributed by atoms with Crippen LogP contribution in [0.4, 0.5) is 0 Å². The van der Waals surface area contributed by atoms with Crippen molar-refractivity contribution in [2.45, 2.75) is 32.3 Å². The molecular formula is C13H19Cl2NO. The fourth-order valence-electron chi connectivity index (χ4n) is 1.58. The van der Waals surface area contributed by atoms with Crippen LogP contribution in [0.3, 0.4) is 0 Å². The molecule has 0 saturated heterocycles. The van der Waals surface area contributed by atoms with Crippen LogP contribution in [-0.4, -0.2) is 18.2 Å². The van der Waals surface area contributed by atoms with E-state index in [-0.39, 0.29) is 0 Å². The molecule has 0 fully saturated rings. The molecule has 4 heteroatoms. The van der Waals surface area contributed by atoms with Crippen LogP contribution in [0, 0.1) is 0 Å². The van der Waals surface area contributed by atoms with Gasteiger partial charge in [-0.05, 0) is 30.7 Å². The fourth-order valence-corrected chi connectivity index (χ4v) is 1.88. The zero-order valence-electron chi connectivity index (χ0n) is 10.0. The minimum atomic E-state index is -0.536. The summed E-state index contributed by atoms with van der Waals surface area (Å²) in [6.45, 7) is 3.65. The molecule has 96 valence electrons. The maximum absolute atomic E-state index is 9.93. The van der Waals surface area contributed by atoms with Crippen LogP contribution >= 0.6 is 23.2 Å². The van der Waals surface area contributed by atoms with Crippen LogP contribution in [0.25, 0.3) is 0 Å². The Morgan fingerprint density at radius 2 is 2.00 bits per heavy atom. The van der Waals surface area contributed by atoms with E-state index in [0.29, 0.717) is 16.6 Å². The molecule has 0 aliphatic carbocycles. The monoisotopic (exact) mass is 275 g/mol. The molecule has 1 aromatic rings. The topological polar surface area (TPSA) is 32.3 Å². The average Bonchev–Trinajstić information content (AvgIpc) is 2.32. The van der Waals surface area contributed by atoms with Gasteiger partial charge in [-0.1, -0.05) is 49.0 Å². The molecule has 0 saturated carbocycles. The van der Waals surface area contributed by atoms with E-state index in [0.717, 1.165) is 18.5 Å². The number of halogens is 2. The number of aliphatic hydroxyl groups excluding tert-OH is 1. The molecule has 0 aliphatic rings. The largest absolute Gasteiger partial charge is 0.387 e. The fraction of sp³-hybridized carbons (Fsp3) is 0.538. The van der Waals surface area contributed by atoms with Crippen LogP contribution in [-0.2, 0) is 0 Å². The van der Waals surface area contributed by atoms with E-state index in [1.165, 1.54) is 12.8 Å². The van der Waals surface area contributed by atoms with Gasteiger partial charge in [-0.15, -0.1) is 0 Å². The van der Waals surface area contributed by atoms with Gasteiger partial charge in [-0.3, -0.25) is 0 Å². The number of rotatable bonds is 7. The predicted octanol–water partition coefficient (Wildman–Crippen LogP) is 3.81. The van der Waals surface area contributed by atoms with E-state index in [2.05, 4.69) is 12.2 Å². The van der Waals surface area contributed by atoms with Crippen molar-refractivity contribution in [1.82, 2.24) is 5.32 Å². The van der Waals surface area contributed by atoms with Gasteiger partial charge in [-0.25, -0.2) is 0 Å². The summed E-state index contributed by atoms with van der Waals surface area (Å²) in [4.78, 5) is 0. The van der Waals surface area contributed by atoms with Crippen LogP contribution in [0.5, 0.6) is 0 Å². The summed E-state index contributed by atoms with van der Waals surface area (Å²) in [6, 6.07) is 5.22. The quantitative estimate of drug-likeness (QED) is 0.742. The molecule has 1 aromatic carbocycles. The maximum Gasteiger partial charge on any atom is 0.0914 e. The Bertz CT molecular complexity index is 344. The highest BCUT2D eigenvalue weighted by molar-refractivity contribution is 6.42. The smallest absolute Gasteiger partial charge is 0.0914 e. The van der Waals surface area contributed by atoms with Crippen molar-refractivity contribution in [3.8, 4) is 0 Å². The molecule has 0 aliphatic heterocycles. The SMILES string of the molecule is CCCCCNC[C@H](O)c1ccc(Cl)c(Cl)c1. The van der Waals surface area contributed by atoms with Crippen molar-refractivity contribution in [2.24, 2.45) is 0 Å². The molecule has 0 radical (unpaired) electrons. The second-order valence-corrected chi connectivity index (χ2v) is 4.91. The highest BCUT2D eigenvalue weighted by atomic mass is 35.5. The highest BCUT2D eigenvalue weighted by Crippen LogP contribution is 2.25. The van der Waals surface area contributed by atoms with E-state index >= 15 is 0 Å². The van der Waals surface area contributed by atoms with Gasteiger partial charge in [0.1, 0.15) is 0 Å². The van der Waals surface area contributed by atoms with Crippen molar-refractivity contribution >= 4 is 23.2 Å². The summed E-state index contributed by atoms with van der Waals surface area (Å²) in [7, 11) is 0. The summed E-state index contributed by atoms with van der Waals surface area (Å²) in [6.07, 6.45) is 3.03. The summed E-state index contributed by atoms with van der Waals surface area (Å²) < 4.78 is 0. The molecule has 2 nitrogen and oxygen atoms in total. The van der Waals surface area contributed by atoms with E-state index in [1.54, 1.807) is 18.2 Å². The normalized spacial score (nSPS) is 12.7. The van der Waals surface area contributed by atoms with Crippen molar-refractivity contribution in [2.75, 3.05) is 13.1 Å². The number of unbranched alkanes of at least 4 members (excludes halogenated alkanes) is 2. The standard InChI is InChI=1S/C13H19Cl2NO/c1-2-3-4-7-16-9-13(17)10-5-6-11(14)12(15)8-10/h5-6,8,13,16-17H,2-4,7,9H2,1H3/t13-/m0/s1.